The molecule has 12 heteroatoms. The Morgan fingerprint density at radius 2 is 1.92 bits per heavy atom. The summed E-state index contributed by atoms with van der Waals surface area (Å²) in [5.41, 5.74) is 8.26. The minimum Gasteiger partial charge on any atom is -0.343 e. The lowest BCUT2D eigenvalue weighted by molar-refractivity contribution is -0.290. The molecule has 0 bridgehead atoms. The van der Waals surface area contributed by atoms with Crippen molar-refractivity contribution in [3.8, 4) is 0 Å². The molecule has 3 aliphatic heterocycles. The maximum absolute atomic E-state index is 11.5. The van der Waals surface area contributed by atoms with Gasteiger partial charge in [-0.15, -0.1) is 0 Å². The van der Waals surface area contributed by atoms with Crippen LogP contribution in [0.1, 0.15) is 27.7 Å². The monoisotopic (exact) mass is 365 g/mol. The third kappa shape index (κ3) is 3.24. The van der Waals surface area contributed by atoms with E-state index in [0.717, 1.165) is 0 Å². The van der Waals surface area contributed by atoms with Gasteiger partial charge >= 0.3 is 10.3 Å². The Labute approximate surface area is 139 Å². The van der Waals surface area contributed by atoms with Gasteiger partial charge < -0.3 is 23.7 Å². The fourth-order valence-corrected chi connectivity index (χ4v) is 3.62. The fraction of sp³-hybridized carbons (Fsp3) is 1.00. The van der Waals surface area contributed by atoms with Gasteiger partial charge in [-0.1, -0.05) is 0 Å². The van der Waals surface area contributed by atoms with Gasteiger partial charge in [-0.05, 0) is 33.2 Å². The van der Waals surface area contributed by atoms with Gasteiger partial charge in [0.15, 0.2) is 11.6 Å². The van der Waals surface area contributed by atoms with Gasteiger partial charge in [0, 0.05) is 4.91 Å². The first-order chi connectivity index (χ1) is 11.0. The van der Waals surface area contributed by atoms with Gasteiger partial charge in [-0.3, -0.25) is 4.18 Å². The topological polar surface area (TPSA) is 138 Å². The molecule has 0 aliphatic carbocycles. The summed E-state index contributed by atoms with van der Waals surface area (Å²) in [5, 5.41) is 0. The van der Waals surface area contributed by atoms with E-state index in [-0.39, 0.29) is 12.7 Å². The number of azide groups is 1. The molecular weight excluding hydrogens is 346 g/mol. The van der Waals surface area contributed by atoms with Crippen molar-refractivity contribution in [1.82, 2.24) is 0 Å². The van der Waals surface area contributed by atoms with Crippen molar-refractivity contribution in [2.24, 2.45) is 4.52 Å². The van der Waals surface area contributed by atoms with Crippen molar-refractivity contribution in [2.75, 3.05) is 13.2 Å². The average Bonchev–Trinajstić information content (AvgIpc) is 2.88. The highest BCUT2D eigenvalue weighted by atomic mass is 32.2. The summed E-state index contributed by atoms with van der Waals surface area (Å²) in [6.07, 6.45) is -1.69. The Hall–Kier alpha value is -0.980. The summed E-state index contributed by atoms with van der Waals surface area (Å²) in [5.74, 6) is -3.41. The zero-order chi connectivity index (χ0) is 17.8. The summed E-state index contributed by atoms with van der Waals surface area (Å²) < 4.78 is 59.3. The van der Waals surface area contributed by atoms with Crippen LogP contribution in [-0.2, 0) is 38.2 Å². The zero-order valence-corrected chi connectivity index (χ0v) is 14.5. The SMILES string of the molecule is CC1(C)O[C@@H]2[C@@H](CO[C@@]3(COS(=O)(=O)N=[N+]=[N-])OC(C)(C)O[C@@H]23)O1. The van der Waals surface area contributed by atoms with Crippen LogP contribution >= 0.6 is 0 Å². The van der Waals surface area contributed by atoms with E-state index in [1.807, 2.05) is 0 Å². The number of fused-ring (bicyclic) bond motifs is 3. The van der Waals surface area contributed by atoms with Crippen molar-refractivity contribution >= 4 is 10.3 Å². The van der Waals surface area contributed by atoms with Crippen LogP contribution in [0.4, 0.5) is 0 Å². The van der Waals surface area contributed by atoms with E-state index in [9.17, 15) is 8.42 Å². The van der Waals surface area contributed by atoms with Crippen LogP contribution < -0.4 is 0 Å². The second-order valence-corrected chi connectivity index (χ2v) is 7.92. The predicted octanol–water partition coefficient (Wildman–Crippen LogP) is 0.956. The van der Waals surface area contributed by atoms with Crippen LogP contribution in [0.25, 0.3) is 10.4 Å². The second-order valence-electron chi connectivity index (χ2n) is 6.66. The van der Waals surface area contributed by atoms with E-state index in [1.165, 1.54) is 0 Å². The van der Waals surface area contributed by atoms with Gasteiger partial charge in [-0.25, -0.2) is 0 Å². The third-order valence-corrected chi connectivity index (χ3v) is 4.51. The number of ether oxygens (including phenoxy) is 5. The van der Waals surface area contributed by atoms with E-state index in [4.69, 9.17) is 33.4 Å². The maximum Gasteiger partial charge on any atom is 0.358 e. The molecular formula is C12H19N3O8S. The van der Waals surface area contributed by atoms with E-state index < -0.39 is 46.5 Å². The molecule has 24 heavy (non-hydrogen) atoms. The Kier molecular flexibility index (Phi) is 4.09. The highest BCUT2D eigenvalue weighted by Gasteiger charge is 2.65. The standard InChI is InChI=1S/C12H19N3O8S/c1-10(2)20-7-5-18-12(6-19-24(16,17)15-14-13)9(8(7)21-10)22-11(3,4)23-12/h7-9H,5-6H2,1-4H3/t7-,8-,9+,12+/m1/s1. The van der Waals surface area contributed by atoms with E-state index >= 15 is 0 Å². The predicted molar refractivity (Wildman–Crippen MR) is 76.6 cm³/mol. The lowest BCUT2D eigenvalue weighted by Crippen LogP contribution is -2.60. The molecule has 0 aromatic rings. The zero-order valence-electron chi connectivity index (χ0n) is 13.7. The van der Waals surface area contributed by atoms with Crippen LogP contribution in [0.5, 0.6) is 0 Å². The first-order valence-electron chi connectivity index (χ1n) is 7.31. The second kappa shape index (κ2) is 5.51. The average molecular weight is 365 g/mol. The molecule has 3 rings (SSSR count). The van der Waals surface area contributed by atoms with E-state index in [0.29, 0.717) is 0 Å². The van der Waals surface area contributed by atoms with Crippen molar-refractivity contribution < 1.29 is 36.3 Å². The molecule has 11 nitrogen and oxygen atoms in total. The molecule has 0 aromatic heterocycles. The molecule has 136 valence electrons. The molecule has 3 heterocycles. The van der Waals surface area contributed by atoms with Crippen molar-refractivity contribution in [3.63, 3.8) is 0 Å². The Morgan fingerprint density at radius 3 is 2.58 bits per heavy atom. The van der Waals surface area contributed by atoms with Crippen LogP contribution in [0.2, 0.25) is 0 Å². The molecule has 0 aromatic carbocycles. The number of rotatable bonds is 4. The Bertz CT molecular complexity index is 674. The fourth-order valence-electron chi connectivity index (χ4n) is 3.17. The molecule has 0 saturated carbocycles. The summed E-state index contributed by atoms with van der Waals surface area (Å²) in [7, 11) is -4.44. The summed E-state index contributed by atoms with van der Waals surface area (Å²) in [4.78, 5) is 2.21. The van der Waals surface area contributed by atoms with Gasteiger partial charge in [-0.2, -0.15) is 8.42 Å². The van der Waals surface area contributed by atoms with E-state index in [2.05, 4.69) is 9.43 Å². The number of nitrogens with zero attached hydrogens (tertiary/aromatic N) is 3. The van der Waals surface area contributed by atoms with E-state index in [1.54, 1.807) is 27.7 Å². The lowest BCUT2D eigenvalue weighted by atomic mass is 9.98. The molecule has 0 amide bonds. The largest absolute Gasteiger partial charge is 0.358 e. The van der Waals surface area contributed by atoms with Gasteiger partial charge in [0.2, 0.25) is 5.79 Å². The molecule has 4 atom stereocenters. The van der Waals surface area contributed by atoms with Crippen LogP contribution in [0.3, 0.4) is 0 Å². The van der Waals surface area contributed by atoms with Crippen molar-refractivity contribution in [1.29, 1.82) is 0 Å². The smallest absolute Gasteiger partial charge is 0.343 e. The molecule has 3 saturated heterocycles. The van der Waals surface area contributed by atoms with Gasteiger partial charge in [0.1, 0.15) is 24.9 Å². The Morgan fingerprint density at radius 1 is 1.21 bits per heavy atom. The quantitative estimate of drug-likeness (QED) is 0.408. The number of hydrogen-bond acceptors (Lipinski definition) is 8. The molecule has 3 aliphatic rings. The van der Waals surface area contributed by atoms with Crippen molar-refractivity contribution in [3.05, 3.63) is 10.4 Å². The summed E-state index contributed by atoms with van der Waals surface area (Å²) >= 11 is 0. The first-order valence-corrected chi connectivity index (χ1v) is 8.67. The first kappa shape index (κ1) is 17.8. The maximum atomic E-state index is 11.5. The molecule has 3 fully saturated rings. The number of hydrogen-bond donors (Lipinski definition) is 0. The molecule has 0 radical (unpaired) electrons. The highest BCUT2D eigenvalue weighted by molar-refractivity contribution is 7.85. The van der Waals surface area contributed by atoms with Gasteiger partial charge in [0.25, 0.3) is 0 Å². The van der Waals surface area contributed by atoms with Crippen LogP contribution in [0.15, 0.2) is 4.52 Å². The van der Waals surface area contributed by atoms with Crippen molar-refractivity contribution in [2.45, 2.75) is 63.4 Å². The highest BCUT2D eigenvalue weighted by Crippen LogP contribution is 2.47. The third-order valence-electron chi connectivity index (χ3n) is 3.82. The van der Waals surface area contributed by atoms with Crippen LogP contribution in [-0.4, -0.2) is 57.3 Å². The molecule has 0 N–H and O–H groups in total. The Balaban J connectivity index is 1.86. The van der Waals surface area contributed by atoms with Crippen LogP contribution in [0, 0.1) is 0 Å². The molecule has 0 unspecified atom stereocenters. The van der Waals surface area contributed by atoms with Gasteiger partial charge in [0.05, 0.1) is 11.1 Å². The summed E-state index contributed by atoms with van der Waals surface area (Å²) in [6.45, 7) is 6.40. The molecule has 0 spiro atoms. The minimum atomic E-state index is -4.44. The normalized spacial score (nSPS) is 39.8. The summed E-state index contributed by atoms with van der Waals surface area (Å²) in [6, 6.07) is 0. The lowest BCUT2D eigenvalue weighted by Gasteiger charge is -2.40. The minimum absolute atomic E-state index is 0.106.